The molecular weight excluding hydrogens is 282 g/mol. The number of rotatable bonds is 3. The molecule has 1 atom stereocenters. The van der Waals surface area contributed by atoms with Gasteiger partial charge in [-0.2, -0.15) is 0 Å². The maximum atomic E-state index is 5.43. The van der Waals surface area contributed by atoms with Crippen LogP contribution in [0.5, 0.6) is 0 Å². The minimum Gasteiger partial charge on any atom is -0.353 e. The Bertz CT molecular complexity index is 718. The predicted molar refractivity (Wildman–Crippen MR) is 74.8 cm³/mol. The Labute approximate surface area is 117 Å². The third kappa shape index (κ3) is 2.02. The third-order valence-corrected chi connectivity index (χ3v) is 5.07. The number of fused-ring (bicyclic) bond motifs is 3. The number of hydrogen-bond donors (Lipinski definition) is 0. The first-order chi connectivity index (χ1) is 9.42. The SMILES string of the molecule is c1ccc2c(c1)sc1nnc(SCC3COCO3)n12. The molecule has 1 aliphatic rings. The zero-order valence-corrected chi connectivity index (χ0v) is 11.6. The lowest BCUT2D eigenvalue weighted by molar-refractivity contribution is 0.0524. The van der Waals surface area contributed by atoms with E-state index in [9.17, 15) is 0 Å². The molecule has 0 amide bonds. The van der Waals surface area contributed by atoms with Crippen molar-refractivity contribution in [1.82, 2.24) is 14.6 Å². The molecule has 5 nitrogen and oxygen atoms in total. The number of aromatic nitrogens is 3. The Morgan fingerprint density at radius 1 is 1.37 bits per heavy atom. The molecule has 0 N–H and O–H groups in total. The summed E-state index contributed by atoms with van der Waals surface area (Å²) in [6.45, 7) is 1.07. The molecule has 0 bridgehead atoms. The molecule has 1 aliphatic heterocycles. The number of thioether (sulfide) groups is 1. The number of thiazole rings is 1. The molecule has 1 fully saturated rings. The lowest BCUT2D eigenvalue weighted by atomic mass is 10.3. The summed E-state index contributed by atoms with van der Waals surface area (Å²) in [5, 5.41) is 9.42. The van der Waals surface area contributed by atoms with Gasteiger partial charge < -0.3 is 9.47 Å². The van der Waals surface area contributed by atoms with Gasteiger partial charge in [0.2, 0.25) is 4.96 Å². The van der Waals surface area contributed by atoms with Crippen molar-refractivity contribution in [2.75, 3.05) is 19.2 Å². The second-order valence-electron chi connectivity index (χ2n) is 4.26. The fourth-order valence-electron chi connectivity index (χ4n) is 2.08. The summed E-state index contributed by atoms with van der Waals surface area (Å²) in [6, 6.07) is 8.29. The fourth-order valence-corrected chi connectivity index (χ4v) is 4.05. The Morgan fingerprint density at radius 3 is 3.21 bits per heavy atom. The Balaban J connectivity index is 1.68. The van der Waals surface area contributed by atoms with Crippen molar-refractivity contribution in [1.29, 1.82) is 0 Å². The van der Waals surface area contributed by atoms with E-state index in [1.54, 1.807) is 23.1 Å². The standard InChI is InChI=1S/C12H11N3O2S2/c1-2-4-10-9(3-1)15-11(13-14-12(15)19-10)18-6-8-5-16-7-17-8/h1-4,8H,5-7H2. The van der Waals surface area contributed by atoms with Crippen molar-refractivity contribution in [3.8, 4) is 0 Å². The highest BCUT2D eigenvalue weighted by Crippen LogP contribution is 2.30. The van der Waals surface area contributed by atoms with Crippen molar-refractivity contribution >= 4 is 38.3 Å². The molecule has 1 saturated heterocycles. The molecular formula is C12H11N3O2S2. The van der Waals surface area contributed by atoms with E-state index in [0.717, 1.165) is 15.9 Å². The van der Waals surface area contributed by atoms with Crippen molar-refractivity contribution in [2.24, 2.45) is 0 Å². The number of benzene rings is 1. The first-order valence-electron chi connectivity index (χ1n) is 5.96. The van der Waals surface area contributed by atoms with Crippen molar-refractivity contribution < 1.29 is 9.47 Å². The lowest BCUT2D eigenvalue weighted by Gasteiger charge is -2.04. The summed E-state index contributed by atoms with van der Waals surface area (Å²) in [4.78, 5) is 0.937. The Hall–Kier alpha value is -1.15. The monoisotopic (exact) mass is 293 g/mol. The minimum absolute atomic E-state index is 0.155. The minimum atomic E-state index is 0.155. The van der Waals surface area contributed by atoms with Crippen LogP contribution < -0.4 is 0 Å². The zero-order valence-electron chi connectivity index (χ0n) is 9.98. The van der Waals surface area contributed by atoms with Gasteiger partial charge in [0.25, 0.3) is 0 Å². The summed E-state index contributed by atoms with van der Waals surface area (Å²) < 4.78 is 14.0. The molecule has 98 valence electrons. The van der Waals surface area contributed by atoms with Gasteiger partial charge in [0, 0.05) is 5.75 Å². The molecule has 1 unspecified atom stereocenters. The molecule has 3 aromatic rings. The second kappa shape index (κ2) is 4.75. The van der Waals surface area contributed by atoms with Gasteiger partial charge in [0.05, 0.1) is 22.9 Å². The molecule has 4 rings (SSSR count). The van der Waals surface area contributed by atoms with Crippen molar-refractivity contribution in [3.05, 3.63) is 24.3 Å². The number of hydrogen-bond acceptors (Lipinski definition) is 6. The number of para-hydroxylation sites is 1. The number of ether oxygens (including phenoxy) is 2. The van der Waals surface area contributed by atoms with Gasteiger partial charge in [-0.05, 0) is 12.1 Å². The van der Waals surface area contributed by atoms with E-state index >= 15 is 0 Å². The van der Waals surface area contributed by atoms with E-state index in [2.05, 4.69) is 26.7 Å². The van der Waals surface area contributed by atoms with Crippen LogP contribution in [-0.2, 0) is 9.47 Å². The fraction of sp³-hybridized carbons (Fsp3) is 0.333. The highest BCUT2D eigenvalue weighted by atomic mass is 32.2. The van der Waals surface area contributed by atoms with Crippen LogP contribution >= 0.6 is 23.1 Å². The molecule has 0 aliphatic carbocycles. The van der Waals surface area contributed by atoms with Crippen LogP contribution in [0.25, 0.3) is 15.2 Å². The quantitative estimate of drug-likeness (QED) is 0.694. The van der Waals surface area contributed by atoms with Crippen LogP contribution in [-0.4, -0.2) is 39.9 Å². The first kappa shape index (κ1) is 11.7. The summed E-state index contributed by atoms with van der Waals surface area (Å²) in [7, 11) is 0. The molecule has 0 saturated carbocycles. The highest BCUT2D eigenvalue weighted by molar-refractivity contribution is 7.99. The number of nitrogens with zero attached hydrogens (tertiary/aromatic N) is 3. The molecule has 2 aromatic heterocycles. The Morgan fingerprint density at radius 2 is 2.32 bits per heavy atom. The van der Waals surface area contributed by atoms with Gasteiger partial charge in [0.15, 0.2) is 5.16 Å². The summed E-state index contributed by atoms with van der Waals surface area (Å²) in [6.07, 6.45) is 0.155. The maximum Gasteiger partial charge on any atom is 0.217 e. The van der Waals surface area contributed by atoms with Gasteiger partial charge in [-0.25, -0.2) is 0 Å². The van der Waals surface area contributed by atoms with Crippen LogP contribution in [0.4, 0.5) is 0 Å². The molecule has 0 spiro atoms. The smallest absolute Gasteiger partial charge is 0.217 e. The normalized spacial score (nSPS) is 19.7. The summed E-state index contributed by atoms with van der Waals surface area (Å²) in [5.74, 6) is 0.838. The van der Waals surface area contributed by atoms with E-state index in [1.807, 2.05) is 12.1 Å². The summed E-state index contributed by atoms with van der Waals surface area (Å²) in [5.41, 5.74) is 1.17. The van der Waals surface area contributed by atoms with Crippen LogP contribution in [0.2, 0.25) is 0 Å². The van der Waals surface area contributed by atoms with Crippen LogP contribution in [0.1, 0.15) is 0 Å². The average Bonchev–Trinajstić information content (AvgIpc) is 3.13. The Kier molecular flexibility index (Phi) is 2.92. The molecule has 7 heteroatoms. The molecule has 3 heterocycles. The lowest BCUT2D eigenvalue weighted by Crippen LogP contribution is -2.12. The average molecular weight is 293 g/mol. The van der Waals surface area contributed by atoms with Crippen LogP contribution in [0.15, 0.2) is 29.4 Å². The maximum absolute atomic E-state index is 5.43. The van der Waals surface area contributed by atoms with E-state index in [4.69, 9.17) is 9.47 Å². The van der Waals surface area contributed by atoms with Gasteiger partial charge in [0.1, 0.15) is 6.79 Å². The van der Waals surface area contributed by atoms with E-state index in [0.29, 0.717) is 13.4 Å². The van der Waals surface area contributed by atoms with Crippen molar-refractivity contribution in [3.63, 3.8) is 0 Å². The largest absolute Gasteiger partial charge is 0.353 e. The zero-order chi connectivity index (χ0) is 12.7. The van der Waals surface area contributed by atoms with Crippen LogP contribution in [0, 0.1) is 0 Å². The topological polar surface area (TPSA) is 48.7 Å². The van der Waals surface area contributed by atoms with Gasteiger partial charge in [-0.15, -0.1) is 10.2 Å². The van der Waals surface area contributed by atoms with E-state index < -0.39 is 0 Å². The molecule has 19 heavy (non-hydrogen) atoms. The van der Waals surface area contributed by atoms with Gasteiger partial charge >= 0.3 is 0 Å². The third-order valence-electron chi connectivity index (χ3n) is 3.00. The summed E-state index contributed by atoms with van der Waals surface area (Å²) >= 11 is 3.33. The second-order valence-corrected chi connectivity index (χ2v) is 6.25. The predicted octanol–water partition coefficient (Wildman–Crippen LogP) is 2.41. The molecule has 1 aromatic carbocycles. The van der Waals surface area contributed by atoms with Gasteiger partial charge in [-0.1, -0.05) is 35.2 Å². The van der Waals surface area contributed by atoms with Crippen LogP contribution in [0.3, 0.4) is 0 Å². The van der Waals surface area contributed by atoms with E-state index in [1.165, 1.54) is 10.2 Å². The first-order valence-corrected chi connectivity index (χ1v) is 7.77. The highest BCUT2D eigenvalue weighted by Gasteiger charge is 2.19. The van der Waals surface area contributed by atoms with Gasteiger partial charge in [-0.3, -0.25) is 4.40 Å². The van der Waals surface area contributed by atoms with Crippen molar-refractivity contribution in [2.45, 2.75) is 11.3 Å². The van der Waals surface area contributed by atoms with E-state index in [-0.39, 0.29) is 6.10 Å². The molecule has 0 radical (unpaired) electrons.